The van der Waals surface area contributed by atoms with Crippen LogP contribution in [0.4, 0.5) is 8.78 Å². The second kappa shape index (κ2) is 4.11. The van der Waals surface area contributed by atoms with Gasteiger partial charge in [-0.3, -0.25) is 9.37 Å². The van der Waals surface area contributed by atoms with Crippen LogP contribution in [0.2, 0.25) is 0 Å². The fraction of sp³-hybridized carbons (Fsp3) is 0.615. The zero-order chi connectivity index (χ0) is 12.6. The minimum absolute atomic E-state index is 0.328. The van der Waals surface area contributed by atoms with E-state index in [4.69, 9.17) is 0 Å². The molecule has 1 aromatic rings. The first-order valence-corrected chi connectivity index (χ1v) is 5.42. The monoisotopic (exact) mass is 227 g/mol. The normalized spacial score (nSPS) is 12.9. The number of alkyl halides is 1. The van der Waals surface area contributed by atoms with E-state index in [0.29, 0.717) is 11.4 Å². The van der Waals surface area contributed by atoms with Crippen LogP contribution in [-0.2, 0) is 10.8 Å². The first-order chi connectivity index (χ1) is 7.18. The summed E-state index contributed by atoms with van der Waals surface area (Å²) in [6.07, 6.45) is 0. The summed E-state index contributed by atoms with van der Waals surface area (Å²) in [6, 6.07) is 2.93. The average molecular weight is 227 g/mol. The van der Waals surface area contributed by atoms with E-state index in [0.717, 1.165) is 0 Å². The zero-order valence-electron chi connectivity index (χ0n) is 10.6. The molecule has 1 nitrogen and oxygen atoms in total. The predicted molar refractivity (Wildman–Crippen MR) is 61.9 cm³/mol. The van der Waals surface area contributed by atoms with E-state index in [2.05, 4.69) is 4.98 Å². The molecule has 0 unspecified atom stereocenters. The third-order valence-corrected chi connectivity index (χ3v) is 2.58. The summed E-state index contributed by atoms with van der Waals surface area (Å²) in [5.41, 5.74) is -0.0342. The molecule has 0 bridgehead atoms. The van der Waals surface area contributed by atoms with Gasteiger partial charge in [-0.25, -0.2) is 4.39 Å². The Hall–Kier alpha value is -0.990. The highest BCUT2D eigenvalue weighted by Gasteiger charge is 2.26. The van der Waals surface area contributed by atoms with Crippen LogP contribution in [0.25, 0.3) is 0 Å². The highest BCUT2D eigenvalue weighted by Crippen LogP contribution is 2.28. The first kappa shape index (κ1) is 13.1. The summed E-state index contributed by atoms with van der Waals surface area (Å²) in [6.45, 7) is 8.70. The Morgan fingerprint density at radius 1 is 1.12 bits per heavy atom. The molecule has 0 radical (unpaired) electrons. The van der Waals surface area contributed by atoms with Crippen LogP contribution in [0.5, 0.6) is 0 Å². The lowest BCUT2D eigenvalue weighted by atomic mass is 9.87. The molecule has 16 heavy (non-hydrogen) atoms. The van der Waals surface area contributed by atoms with Crippen molar-refractivity contribution in [2.24, 2.45) is 0 Å². The minimum Gasteiger partial charge on any atom is -0.254 e. The number of halogens is 2. The lowest BCUT2D eigenvalue weighted by Gasteiger charge is -2.24. The van der Waals surface area contributed by atoms with Crippen LogP contribution in [0.1, 0.15) is 46.0 Å². The summed E-state index contributed by atoms with van der Waals surface area (Å²) >= 11 is 0. The maximum Gasteiger partial charge on any atom is 0.145 e. The molecule has 0 amide bonds. The molecular formula is C13H19F2N. The number of nitrogens with zero attached hydrogens (tertiary/aromatic N) is 1. The Morgan fingerprint density at radius 2 is 1.69 bits per heavy atom. The number of pyridine rings is 1. The van der Waals surface area contributed by atoms with Crippen LogP contribution in [0.3, 0.4) is 0 Å². The van der Waals surface area contributed by atoms with Gasteiger partial charge in [-0.1, -0.05) is 34.6 Å². The molecule has 90 valence electrons. The number of hydrogen-bond acceptors (Lipinski definition) is 1. The van der Waals surface area contributed by atoms with Gasteiger partial charge < -0.3 is 0 Å². The molecule has 0 N–H and O–H groups in total. The third-order valence-electron chi connectivity index (χ3n) is 2.58. The Morgan fingerprint density at radius 3 is 2.12 bits per heavy atom. The molecular weight excluding hydrogens is 208 g/mol. The summed E-state index contributed by atoms with van der Waals surface area (Å²) in [7, 11) is 0. The van der Waals surface area contributed by atoms with Crippen LogP contribution >= 0.6 is 0 Å². The van der Waals surface area contributed by atoms with E-state index in [9.17, 15) is 8.78 Å². The Balaban J connectivity index is 3.29. The van der Waals surface area contributed by atoms with Crippen molar-refractivity contribution in [1.82, 2.24) is 4.98 Å². The topological polar surface area (TPSA) is 12.9 Å². The highest BCUT2D eigenvalue weighted by molar-refractivity contribution is 5.23. The standard InChI is InChI=1S/C13H19F2N/c1-12(2,3)11-9(15)6-7-10(16-11)13(4,5)8-14/h6-7H,8H2,1-5H3. The molecule has 0 saturated heterocycles. The average Bonchev–Trinajstić information content (AvgIpc) is 2.16. The molecule has 0 saturated carbocycles. The molecule has 0 atom stereocenters. The lowest BCUT2D eigenvalue weighted by molar-refractivity contribution is 0.341. The molecule has 0 aliphatic rings. The van der Waals surface area contributed by atoms with Crippen LogP contribution < -0.4 is 0 Å². The summed E-state index contributed by atoms with van der Waals surface area (Å²) in [5, 5.41) is 0. The van der Waals surface area contributed by atoms with Gasteiger partial charge in [0.25, 0.3) is 0 Å². The SMILES string of the molecule is CC(C)(C)c1nc(C(C)(C)CF)ccc1F. The van der Waals surface area contributed by atoms with E-state index in [-0.39, 0.29) is 11.2 Å². The molecule has 0 aliphatic heterocycles. The van der Waals surface area contributed by atoms with Gasteiger partial charge in [-0.15, -0.1) is 0 Å². The van der Waals surface area contributed by atoms with Gasteiger partial charge >= 0.3 is 0 Å². The molecule has 0 spiro atoms. The molecule has 0 aliphatic carbocycles. The van der Waals surface area contributed by atoms with E-state index in [1.807, 2.05) is 20.8 Å². The fourth-order valence-corrected chi connectivity index (χ4v) is 1.41. The van der Waals surface area contributed by atoms with Gasteiger partial charge in [0.1, 0.15) is 12.5 Å². The highest BCUT2D eigenvalue weighted by atomic mass is 19.1. The minimum atomic E-state index is -0.659. The van der Waals surface area contributed by atoms with Crippen LogP contribution in [0, 0.1) is 5.82 Å². The van der Waals surface area contributed by atoms with Gasteiger partial charge in [-0.05, 0) is 12.1 Å². The van der Waals surface area contributed by atoms with Gasteiger partial charge in [0.15, 0.2) is 0 Å². The summed E-state index contributed by atoms with van der Waals surface area (Å²) in [5.74, 6) is -0.328. The smallest absolute Gasteiger partial charge is 0.145 e. The van der Waals surface area contributed by atoms with Crippen LogP contribution in [0.15, 0.2) is 12.1 Å². The molecule has 1 aromatic heterocycles. The maximum absolute atomic E-state index is 13.6. The van der Waals surface area contributed by atoms with E-state index < -0.39 is 12.1 Å². The maximum atomic E-state index is 13.6. The fourth-order valence-electron chi connectivity index (χ4n) is 1.41. The van der Waals surface area contributed by atoms with E-state index in [1.54, 1.807) is 19.9 Å². The molecule has 1 heterocycles. The van der Waals surface area contributed by atoms with Crippen molar-refractivity contribution < 1.29 is 8.78 Å². The number of rotatable bonds is 2. The second-order valence-electron chi connectivity index (χ2n) is 5.79. The van der Waals surface area contributed by atoms with E-state index >= 15 is 0 Å². The Bertz CT molecular complexity index is 378. The van der Waals surface area contributed by atoms with Crippen LogP contribution in [-0.4, -0.2) is 11.7 Å². The predicted octanol–water partition coefficient (Wildman–Crippen LogP) is 3.77. The summed E-state index contributed by atoms with van der Waals surface area (Å²) < 4.78 is 26.5. The van der Waals surface area contributed by atoms with Gasteiger partial charge in [0.2, 0.25) is 0 Å². The first-order valence-electron chi connectivity index (χ1n) is 5.42. The van der Waals surface area contributed by atoms with Gasteiger partial charge in [-0.2, -0.15) is 0 Å². The molecule has 1 rings (SSSR count). The molecule has 0 fully saturated rings. The van der Waals surface area contributed by atoms with Crippen molar-refractivity contribution in [2.45, 2.75) is 45.4 Å². The van der Waals surface area contributed by atoms with Crippen molar-refractivity contribution in [3.05, 3.63) is 29.3 Å². The van der Waals surface area contributed by atoms with Gasteiger partial charge in [0.05, 0.1) is 5.69 Å². The van der Waals surface area contributed by atoms with Crippen molar-refractivity contribution >= 4 is 0 Å². The lowest BCUT2D eigenvalue weighted by Crippen LogP contribution is -2.25. The number of hydrogen-bond donors (Lipinski definition) is 0. The third kappa shape index (κ3) is 2.57. The summed E-state index contributed by atoms with van der Waals surface area (Å²) in [4.78, 5) is 4.27. The molecule has 3 heteroatoms. The van der Waals surface area contributed by atoms with Gasteiger partial charge in [0, 0.05) is 16.5 Å². The zero-order valence-corrected chi connectivity index (χ0v) is 10.6. The number of aromatic nitrogens is 1. The Kier molecular flexibility index (Phi) is 3.36. The van der Waals surface area contributed by atoms with Crippen molar-refractivity contribution in [3.8, 4) is 0 Å². The largest absolute Gasteiger partial charge is 0.254 e. The van der Waals surface area contributed by atoms with Crippen molar-refractivity contribution in [1.29, 1.82) is 0 Å². The molecule has 0 aromatic carbocycles. The van der Waals surface area contributed by atoms with E-state index in [1.165, 1.54) is 6.07 Å². The quantitative estimate of drug-likeness (QED) is 0.749. The van der Waals surface area contributed by atoms with Crippen molar-refractivity contribution in [3.63, 3.8) is 0 Å². The Labute approximate surface area is 95.9 Å². The second-order valence-corrected chi connectivity index (χ2v) is 5.79. The van der Waals surface area contributed by atoms with Crippen molar-refractivity contribution in [2.75, 3.05) is 6.67 Å².